The van der Waals surface area contributed by atoms with Gasteiger partial charge in [0.25, 0.3) is 0 Å². The fraction of sp³-hybridized carbons (Fsp3) is 0.0909. The van der Waals surface area contributed by atoms with Crippen molar-refractivity contribution in [2.24, 2.45) is 0 Å². The average Bonchev–Trinajstić information content (AvgIpc) is 3.12. The van der Waals surface area contributed by atoms with Crippen LogP contribution in [0, 0.1) is 11.3 Å². The highest BCUT2D eigenvalue weighted by Gasteiger charge is 2.19. The molecule has 4 nitrogen and oxygen atoms in total. The van der Waals surface area contributed by atoms with Crippen LogP contribution in [0.15, 0.2) is 59.0 Å². The number of ether oxygens (including phenoxy) is 1. The monoisotopic (exact) mass is 408 g/mol. The van der Waals surface area contributed by atoms with Gasteiger partial charge in [-0.05, 0) is 37.3 Å². The zero-order valence-corrected chi connectivity index (χ0v) is 16.4. The highest BCUT2D eigenvalue weighted by atomic mass is 35.5. The predicted octanol–water partition coefficient (Wildman–Crippen LogP) is 6.74. The lowest BCUT2D eigenvalue weighted by atomic mass is 10.00. The Labute approximate surface area is 171 Å². The minimum Gasteiger partial charge on any atom is -0.477 e. The number of nitrogens with zero attached hydrogens (tertiary/aromatic N) is 2. The Balaban J connectivity index is 1.97. The van der Waals surface area contributed by atoms with Crippen LogP contribution in [0.1, 0.15) is 12.5 Å². The standard InChI is InChI=1S/C22H14Cl2N2O2/c1-2-27-22-17(12-25)16(15-8-7-14(23)10-18(15)24)11-19(26-22)21-9-13-5-3-4-6-20(13)28-21/h3-11H,2H2,1H3. The van der Waals surface area contributed by atoms with Crippen molar-refractivity contribution in [3.05, 3.63) is 70.2 Å². The largest absolute Gasteiger partial charge is 0.477 e. The van der Waals surface area contributed by atoms with Crippen molar-refractivity contribution >= 4 is 34.2 Å². The van der Waals surface area contributed by atoms with Crippen LogP contribution in [0.4, 0.5) is 0 Å². The molecule has 2 aromatic carbocycles. The maximum atomic E-state index is 9.75. The summed E-state index contributed by atoms with van der Waals surface area (Å²) in [5.41, 5.74) is 2.90. The topological polar surface area (TPSA) is 59.1 Å². The van der Waals surface area contributed by atoms with Crippen LogP contribution < -0.4 is 4.74 Å². The molecule has 0 aliphatic heterocycles. The van der Waals surface area contributed by atoms with Gasteiger partial charge in [0.2, 0.25) is 5.88 Å². The van der Waals surface area contributed by atoms with Crippen LogP contribution in [-0.2, 0) is 0 Å². The second-order valence-corrected chi connectivity index (χ2v) is 6.90. The molecule has 6 heteroatoms. The number of pyridine rings is 1. The van der Waals surface area contributed by atoms with Crippen molar-refractivity contribution in [1.29, 1.82) is 5.26 Å². The van der Waals surface area contributed by atoms with E-state index in [1.54, 1.807) is 24.3 Å². The SMILES string of the molecule is CCOc1nc(-c2cc3ccccc3o2)cc(-c2ccc(Cl)cc2Cl)c1C#N. The summed E-state index contributed by atoms with van der Waals surface area (Å²) in [6.45, 7) is 2.21. The van der Waals surface area contributed by atoms with Gasteiger partial charge < -0.3 is 9.15 Å². The van der Waals surface area contributed by atoms with Gasteiger partial charge in [-0.1, -0.05) is 47.5 Å². The summed E-state index contributed by atoms with van der Waals surface area (Å²) in [5, 5.41) is 11.7. The molecule has 138 valence electrons. The van der Waals surface area contributed by atoms with Crippen LogP contribution in [0.25, 0.3) is 33.6 Å². The third-order valence-corrected chi connectivity index (χ3v) is 4.83. The Morgan fingerprint density at radius 3 is 2.61 bits per heavy atom. The number of halogens is 2. The summed E-state index contributed by atoms with van der Waals surface area (Å²) >= 11 is 12.4. The number of aromatic nitrogens is 1. The zero-order valence-electron chi connectivity index (χ0n) is 14.9. The molecule has 28 heavy (non-hydrogen) atoms. The van der Waals surface area contributed by atoms with Gasteiger partial charge in [0.1, 0.15) is 22.9 Å². The molecule has 0 unspecified atom stereocenters. The smallest absolute Gasteiger partial charge is 0.232 e. The van der Waals surface area contributed by atoms with E-state index in [1.807, 2.05) is 37.3 Å². The number of rotatable bonds is 4. The Kier molecular flexibility index (Phi) is 4.95. The third-order valence-electron chi connectivity index (χ3n) is 4.28. The molecular weight excluding hydrogens is 395 g/mol. The molecule has 0 bridgehead atoms. The van der Waals surface area contributed by atoms with E-state index in [9.17, 15) is 5.26 Å². The van der Waals surface area contributed by atoms with Crippen molar-refractivity contribution in [3.8, 4) is 34.5 Å². The maximum Gasteiger partial charge on any atom is 0.232 e. The van der Waals surface area contributed by atoms with Crippen molar-refractivity contribution < 1.29 is 9.15 Å². The zero-order chi connectivity index (χ0) is 19.7. The van der Waals surface area contributed by atoms with Crippen molar-refractivity contribution in [3.63, 3.8) is 0 Å². The maximum absolute atomic E-state index is 9.75. The van der Waals surface area contributed by atoms with Crippen LogP contribution in [-0.4, -0.2) is 11.6 Å². The highest BCUT2D eigenvalue weighted by Crippen LogP contribution is 2.38. The van der Waals surface area contributed by atoms with Crippen LogP contribution >= 0.6 is 23.2 Å². The molecule has 0 aliphatic carbocycles. The van der Waals surface area contributed by atoms with E-state index in [4.69, 9.17) is 32.4 Å². The molecule has 0 saturated heterocycles. The second kappa shape index (κ2) is 7.55. The summed E-state index contributed by atoms with van der Waals surface area (Å²) in [5.74, 6) is 0.821. The first-order valence-electron chi connectivity index (χ1n) is 8.63. The summed E-state index contributed by atoms with van der Waals surface area (Å²) in [6, 6.07) is 18.7. The van der Waals surface area contributed by atoms with Gasteiger partial charge in [-0.3, -0.25) is 0 Å². The Morgan fingerprint density at radius 2 is 1.89 bits per heavy atom. The first kappa shape index (κ1) is 18.4. The van der Waals surface area contributed by atoms with E-state index in [-0.39, 0.29) is 5.88 Å². The number of hydrogen-bond acceptors (Lipinski definition) is 4. The number of para-hydroxylation sites is 1. The fourth-order valence-corrected chi connectivity index (χ4v) is 3.54. The molecule has 0 amide bonds. The minimum absolute atomic E-state index is 0.240. The molecule has 0 atom stereocenters. The number of benzene rings is 2. The van der Waals surface area contributed by atoms with E-state index < -0.39 is 0 Å². The number of furan rings is 1. The molecule has 0 N–H and O–H groups in total. The number of hydrogen-bond donors (Lipinski definition) is 0. The minimum atomic E-state index is 0.240. The number of fused-ring (bicyclic) bond motifs is 1. The second-order valence-electron chi connectivity index (χ2n) is 6.05. The van der Waals surface area contributed by atoms with Gasteiger partial charge in [0.05, 0.1) is 6.61 Å². The van der Waals surface area contributed by atoms with Gasteiger partial charge in [-0.15, -0.1) is 0 Å². The van der Waals surface area contributed by atoms with Gasteiger partial charge in [0, 0.05) is 26.6 Å². The van der Waals surface area contributed by atoms with Gasteiger partial charge in [-0.2, -0.15) is 5.26 Å². The summed E-state index contributed by atoms with van der Waals surface area (Å²) in [4.78, 5) is 4.52. The normalized spacial score (nSPS) is 10.8. The quantitative estimate of drug-likeness (QED) is 0.375. The van der Waals surface area contributed by atoms with Crippen LogP contribution in [0.2, 0.25) is 10.0 Å². The lowest BCUT2D eigenvalue weighted by Crippen LogP contribution is -2.01. The van der Waals surface area contributed by atoms with Crippen molar-refractivity contribution in [2.45, 2.75) is 6.92 Å². The molecule has 2 heterocycles. The third kappa shape index (κ3) is 3.31. The van der Waals surface area contributed by atoms with Gasteiger partial charge in [-0.25, -0.2) is 4.98 Å². The first-order chi connectivity index (χ1) is 13.6. The Hall–Kier alpha value is -3.00. The Morgan fingerprint density at radius 1 is 1.07 bits per heavy atom. The van der Waals surface area contributed by atoms with Crippen LogP contribution in [0.3, 0.4) is 0 Å². The predicted molar refractivity (Wildman–Crippen MR) is 111 cm³/mol. The molecule has 0 radical (unpaired) electrons. The summed E-state index contributed by atoms with van der Waals surface area (Å²) in [6.07, 6.45) is 0. The van der Waals surface area contributed by atoms with E-state index in [0.29, 0.717) is 44.8 Å². The van der Waals surface area contributed by atoms with E-state index in [0.717, 1.165) is 11.0 Å². The van der Waals surface area contributed by atoms with Crippen LogP contribution in [0.5, 0.6) is 5.88 Å². The van der Waals surface area contributed by atoms with Gasteiger partial charge >= 0.3 is 0 Å². The first-order valence-corrected chi connectivity index (χ1v) is 9.38. The molecule has 0 saturated carbocycles. The van der Waals surface area contributed by atoms with Crippen molar-refractivity contribution in [2.75, 3.05) is 6.61 Å². The molecule has 0 aliphatic rings. The molecule has 0 fully saturated rings. The van der Waals surface area contributed by atoms with Crippen molar-refractivity contribution in [1.82, 2.24) is 4.98 Å². The Bertz CT molecular complexity index is 1190. The average molecular weight is 409 g/mol. The molecule has 4 rings (SSSR count). The highest BCUT2D eigenvalue weighted by molar-refractivity contribution is 6.36. The fourth-order valence-electron chi connectivity index (χ4n) is 3.03. The lowest BCUT2D eigenvalue weighted by molar-refractivity contribution is 0.326. The summed E-state index contributed by atoms with van der Waals surface area (Å²) < 4.78 is 11.6. The van der Waals surface area contributed by atoms with Gasteiger partial charge in [0.15, 0.2) is 5.76 Å². The summed E-state index contributed by atoms with van der Waals surface area (Å²) in [7, 11) is 0. The van der Waals surface area contributed by atoms with E-state index in [2.05, 4.69) is 11.1 Å². The molecule has 0 spiro atoms. The number of nitriles is 1. The molecule has 2 aromatic heterocycles. The van der Waals surface area contributed by atoms with E-state index in [1.165, 1.54) is 0 Å². The van der Waals surface area contributed by atoms with E-state index >= 15 is 0 Å². The molecule has 4 aromatic rings. The lowest BCUT2D eigenvalue weighted by Gasteiger charge is -2.13. The molecular formula is C22H14Cl2N2O2.